The predicted molar refractivity (Wildman–Crippen MR) is 179 cm³/mol. The second-order valence-electron chi connectivity index (χ2n) is 11.5. The van der Waals surface area contributed by atoms with Crippen molar-refractivity contribution >= 4 is 19.8 Å². The highest BCUT2D eigenvalue weighted by Gasteiger charge is 2.22. The van der Waals surface area contributed by atoms with Crippen molar-refractivity contribution in [1.29, 1.82) is 0 Å². The van der Waals surface area contributed by atoms with Crippen LogP contribution < -0.4 is 0 Å². The number of hydrogen-bond donors (Lipinski definition) is 2. The Morgan fingerprint density at radius 3 is 1.64 bits per heavy atom. The van der Waals surface area contributed by atoms with E-state index in [9.17, 15) is 14.2 Å². The van der Waals surface area contributed by atoms with Crippen LogP contribution >= 0.6 is 7.82 Å². The normalized spacial score (nSPS) is 12.9. The number of esters is 2. The van der Waals surface area contributed by atoms with Gasteiger partial charge in [0.2, 0.25) is 0 Å². The first-order chi connectivity index (χ1) is 21.3. The number of phosphoric ester groups is 1. The minimum atomic E-state index is -4.75. The van der Waals surface area contributed by atoms with E-state index in [0.717, 1.165) is 70.6 Å². The van der Waals surface area contributed by atoms with Crippen LogP contribution in [0.1, 0.15) is 155 Å². The molecule has 8 nitrogen and oxygen atoms in total. The summed E-state index contributed by atoms with van der Waals surface area (Å²) in [7, 11) is -4.75. The molecule has 0 heterocycles. The van der Waals surface area contributed by atoms with Gasteiger partial charge in [-0.1, -0.05) is 134 Å². The Kier molecular flexibility index (Phi) is 30.0. The van der Waals surface area contributed by atoms with E-state index in [1.54, 1.807) is 0 Å². The molecule has 9 heteroatoms. The summed E-state index contributed by atoms with van der Waals surface area (Å²) in [6.45, 7) is 3.53. The third kappa shape index (κ3) is 33.2. The van der Waals surface area contributed by atoms with E-state index in [2.05, 4.69) is 54.8 Å². The van der Waals surface area contributed by atoms with Gasteiger partial charge in [0.05, 0.1) is 6.61 Å². The summed E-state index contributed by atoms with van der Waals surface area (Å²) in [6.07, 6.45) is 34.4. The first kappa shape index (κ1) is 42.3. The molecule has 0 aromatic heterocycles. The van der Waals surface area contributed by atoms with Gasteiger partial charge in [0.1, 0.15) is 6.61 Å². The monoisotopic (exact) mass is 642 g/mol. The molecule has 0 saturated carbocycles. The fourth-order valence-corrected chi connectivity index (χ4v) is 4.98. The first-order valence-electron chi connectivity index (χ1n) is 17.3. The largest absolute Gasteiger partial charge is 0.469 e. The molecular formula is C35H63O8P. The number of unbranched alkanes of at least 4 members (excludes halogenated alkanes) is 15. The van der Waals surface area contributed by atoms with E-state index in [0.29, 0.717) is 6.42 Å². The van der Waals surface area contributed by atoms with Crippen molar-refractivity contribution in [3.05, 3.63) is 36.5 Å². The topological polar surface area (TPSA) is 119 Å². The zero-order valence-corrected chi connectivity index (χ0v) is 28.7. The van der Waals surface area contributed by atoms with Crippen molar-refractivity contribution in [2.75, 3.05) is 13.2 Å². The maximum atomic E-state index is 12.3. The van der Waals surface area contributed by atoms with Crippen LogP contribution in [0.15, 0.2) is 36.5 Å². The summed E-state index contributed by atoms with van der Waals surface area (Å²) in [4.78, 5) is 42.5. The fourth-order valence-electron chi connectivity index (χ4n) is 4.62. The van der Waals surface area contributed by atoms with Crippen molar-refractivity contribution in [2.24, 2.45) is 0 Å². The molecule has 0 aliphatic carbocycles. The molecule has 0 unspecified atom stereocenters. The van der Waals surface area contributed by atoms with Gasteiger partial charge in [0.15, 0.2) is 6.10 Å². The summed E-state index contributed by atoms with van der Waals surface area (Å²) in [5.74, 6) is -0.906. The highest BCUT2D eigenvalue weighted by Crippen LogP contribution is 2.35. The quantitative estimate of drug-likeness (QED) is 0.0332. The number of ether oxygens (including phenoxy) is 2. The Hall–Kier alpha value is -1.73. The molecule has 1 atom stereocenters. The average molecular weight is 643 g/mol. The third-order valence-electron chi connectivity index (χ3n) is 7.17. The highest BCUT2D eigenvalue weighted by molar-refractivity contribution is 7.46. The number of carbonyl (C=O) groups is 2. The lowest BCUT2D eigenvalue weighted by Crippen LogP contribution is -2.29. The second-order valence-corrected chi connectivity index (χ2v) is 12.7. The van der Waals surface area contributed by atoms with E-state index in [1.807, 2.05) is 0 Å². The molecule has 0 bridgehead atoms. The Balaban J connectivity index is 4.04. The molecule has 0 radical (unpaired) electrons. The van der Waals surface area contributed by atoms with Crippen molar-refractivity contribution in [1.82, 2.24) is 0 Å². The van der Waals surface area contributed by atoms with Crippen molar-refractivity contribution in [3.63, 3.8) is 0 Å². The number of phosphoric acid groups is 1. The summed E-state index contributed by atoms with van der Waals surface area (Å²) >= 11 is 0. The van der Waals surface area contributed by atoms with E-state index < -0.39 is 32.5 Å². The van der Waals surface area contributed by atoms with Crippen LogP contribution in [0.2, 0.25) is 0 Å². The molecule has 0 aliphatic heterocycles. The van der Waals surface area contributed by atoms with Gasteiger partial charge >= 0.3 is 19.8 Å². The summed E-state index contributed by atoms with van der Waals surface area (Å²) in [5.41, 5.74) is 0. The highest BCUT2D eigenvalue weighted by atomic mass is 31.2. The van der Waals surface area contributed by atoms with Crippen LogP contribution in [0.4, 0.5) is 0 Å². The number of allylic oxidation sites excluding steroid dienone is 6. The van der Waals surface area contributed by atoms with Crippen LogP contribution in [0.3, 0.4) is 0 Å². The standard InChI is InChI=1S/C35H63O8P/c1-3-5-7-9-11-13-15-16-17-18-20-22-24-26-28-30-35(37)43-33(32-42-44(38,39)40)31-41-34(36)29-27-25-23-21-19-14-12-10-8-6-4-2/h5,7,11,13,16-17,33H,3-4,6,8-10,12,14-15,18-32H2,1-2H3,(H2,38,39,40)/b7-5+,13-11+,17-16+/t33-/m1/s1. The van der Waals surface area contributed by atoms with E-state index in [1.165, 1.54) is 51.4 Å². The molecule has 0 amide bonds. The number of hydrogen-bond acceptors (Lipinski definition) is 6. The van der Waals surface area contributed by atoms with Gasteiger partial charge in [-0.2, -0.15) is 0 Å². The lowest BCUT2D eigenvalue weighted by molar-refractivity contribution is -0.161. The molecule has 0 aliphatic rings. The van der Waals surface area contributed by atoms with Crippen LogP contribution in [0.25, 0.3) is 0 Å². The first-order valence-corrected chi connectivity index (χ1v) is 18.8. The molecule has 0 aromatic rings. The van der Waals surface area contributed by atoms with Gasteiger partial charge in [-0.15, -0.1) is 0 Å². The summed E-state index contributed by atoms with van der Waals surface area (Å²) < 4.78 is 26.2. The van der Waals surface area contributed by atoms with E-state index >= 15 is 0 Å². The zero-order valence-electron chi connectivity index (χ0n) is 27.8. The smallest absolute Gasteiger partial charge is 0.462 e. The molecular weight excluding hydrogens is 579 g/mol. The fraction of sp³-hybridized carbons (Fsp3) is 0.771. The molecule has 0 aromatic carbocycles. The summed E-state index contributed by atoms with van der Waals surface area (Å²) in [5, 5.41) is 0. The predicted octanol–water partition coefficient (Wildman–Crippen LogP) is 9.84. The Bertz CT molecular complexity index is 818. The van der Waals surface area contributed by atoms with Gasteiger partial charge in [0.25, 0.3) is 0 Å². The van der Waals surface area contributed by atoms with E-state index in [-0.39, 0.29) is 19.4 Å². The molecule has 0 saturated heterocycles. The third-order valence-corrected chi connectivity index (χ3v) is 7.66. The lowest BCUT2D eigenvalue weighted by atomic mass is 10.1. The van der Waals surface area contributed by atoms with Crippen molar-refractivity contribution < 1.29 is 37.9 Å². The number of carbonyl (C=O) groups excluding carboxylic acids is 2. The van der Waals surface area contributed by atoms with Crippen LogP contribution in [-0.2, 0) is 28.2 Å². The Morgan fingerprint density at radius 2 is 1.09 bits per heavy atom. The minimum absolute atomic E-state index is 0.193. The van der Waals surface area contributed by atoms with E-state index in [4.69, 9.17) is 19.3 Å². The Morgan fingerprint density at radius 1 is 0.614 bits per heavy atom. The van der Waals surface area contributed by atoms with Crippen molar-refractivity contribution in [3.8, 4) is 0 Å². The number of rotatable bonds is 31. The SMILES string of the molecule is CC/C=C/C/C=C/C/C=C/CCCCCCCC(=O)O[C@H](COC(=O)CCCCCCCCCCCCC)COP(=O)(O)O. The van der Waals surface area contributed by atoms with Gasteiger partial charge < -0.3 is 19.3 Å². The molecule has 44 heavy (non-hydrogen) atoms. The molecule has 256 valence electrons. The maximum absolute atomic E-state index is 12.3. The van der Waals surface area contributed by atoms with Crippen LogP contribution in [0.5, 0.6) is 0 Å². The average Bonchev–Trinajstić information content (AvgIpc) is 2.98. The Labute approximate surface area is 268 Å². The van der Waals surface area contributed by atoms with Gasteiger partial charge in [0, 0.05) is 12.8 Å². The second kappa shape index (κ2) is 31.3. The zero-order chi connectivity index (χ0) is 32.6. The molecule has 0 spiro atoms. The molecule has 0 rings (SSSR count). The van der Waals surface area contributed by atoms with Crippen molar-refractivity contribution in [2.45, 2.75) is 161 Å². The molecule has 0 fully saturated rings. The van der Waals surface area contributed by atoms with Gasteiger partial charge in [-0.3, -0.25) is 14.1 Å². The maximum Gasteiger partial charge on any atom is 0.469 e. The molecule has 2 N–H and O–H groups in total. The summed E-state index contributed by atoms with van der Waals surface area (Å²) in [6, 6.07) is 0. The van der Waals surface area contributed by atoms with Crippen LogP contribution in [-0.4, -0.2) is 41.0 Å². The van der Waals surface area contributed by atoms with Gasteiger partial charge in [-0.25, -0.2) is 4.57 Å². The van der Waals surface area contributed by atoms with Gasteiger partial charge in [-0.05, 0) is 44.9 Å². The lowest BCUT2D eigenvalue weighted by Gasteiger charge is -2.18. The van der Waals surface area contributed by atoms with Crippen LogP contribution in [0, 0.1) is 0 Å². The minimum Gasteiger partial charge on any atom is -0.462 e.